The summed E-state index contributed by atoms with van der Waals surface area (Å²) in [5, 5.41) is 5.65. The van der Waals surface area contributed by atoms with Crippen molar-refractivity contribution in [1.82, 2.24) is 5.43 Å². The lowest BCUT2D eigenvalue weighted by molar-refractivity contribution is 0.0955. The number of nitrogens with zero attached hydrogens (tertiary/aromatic N) is 1. The molecule has 2 aromatic carbocycles. The Labute approximate surface area is 144 Å². The first-order chi connectivity index (χ1) is 10.6. The summed E-state index contributed by atoms with van der Waals surface area (Å²) in [7, 11) is 0. The number of hydrogen-bond acceptors (Lipinski definition) is 3. The van der Waals surface area contributed by atoms with Gasteiger partial charge in [-0.1, -0.05) is 35.9 Å². The molecule has 1 aromatic heterocycles. The number of fused-ring (bicyclic) bond motifs is 1. The van der Waals surface area contributed by atoms with Crippen LogP contribution < -0.4 is 5.43 Å². The zero-order chi connectivity index (χ0) is 15.5. The quantitative estimate of drug-likeness (QED) is 0.489. The highest BCUT2D eigenvalue weighted by molar-refractivity contribution is 9.11. The second-order valence-corrected chi connectivity index (χ2v) is 7.30. The lowest BCUT2D eigenvalue weighted by Crippen LogP contribution is -2.17. The molecule has 0 bridgehead atoms. The largest absolute Gasteiger partial charge is 0.271 e. The molecule has 3 rings (SSSR count). The Morgan fingerprint density at radius 2 is 2.05 bits per heavy atom. The Kier molecular flexibility index (Phi) is 4.57. The second-order valence-electron chi connectivity index (χ2n) is 4.50. The standard InChI is InChI=1S/C16H10BrClN2OS/c17-15-13(12-6-1-2-7-14(12)22-15)9-19-20-16(21)10-4-3-5-11(18)8-10/h1-9H,(H,20,21)/b19-9+. The maximum absolute atomic E-state index is 12.0. The van der Waals surface area contributed by atoms with E-state index in [0.717, 1.165) is 19.4 Å². The highest BCUT2D eigenvalue weighted by atomic mass is 79.9. The fourth-order valence-electron chi connectivity index (χ4n) is 2.01. The van der Waals surface area contributed by atoms with Crippen LogP contribution in [0.2, 0.25) is 5.02 Å². The number of thiophene rings is 1. The number of carbonyl (C=O) groups is 1. The van der Waals surface area contributed by atoms with Gasteiger partial charge in [0, 0.05) is 26.2 Å². The van der Waals surface area contributed by atoms with Crippen molar-refractivity contribution in [2.75, 3.05) is 0 Å². The first-order valence-electron chi connectivity index (χ1n) is 6.41. The number of nitrogens with one attached hydrogen (secondary N) is 1. The molecule has 1 heterocycles. The fourth-order valence-corrected chi connectivity index (χ4v) is 3.94. The van der Waals surface area contributed by atoms with Crippen molar-refractivity contribution >= 4 is 61.1 Å². The predicted molar refractivity (Wildman–Crippen MR) is 96.0 cm³/mol. The average Bonchev–Trinajstić information content (AvgIpc) is 2.83. The molecular weight excluding hydrogens is 384 g/mol. The van der Waals surface area contributed by atoms with E-state index in [9.17, 15) is 4.79 Å². The van der Waals surface area contributed by atoms with Crippen LogP contribution in [0.15, 0.2) is 57.4 Å². The van der Waals surface area contributed by atoms with Gasteiger partial charge in [-0.15, -0.1) is 11.3 Å². The van der Waals surface area contributed by atoms with E-state index in [4.69, 9.17) is 11.6 Å². The number of hydrazone groups is 1. The maximum Gasteiger partial charge on any atom is 0.271 e. The predicted octanol–water partition coefficient (Wildman–Crippen LogP) is 5.08. The molecule has 0 radical (unpaired) electrons. The molecule has 0 aliphatic carbocycles. The van der Waals surface area contributed by atoms with Crippen LogP contribution in [-0.4, -0.2) is 12.1 Å². The monoisotopic (exact) mass is 392 g/mol. The van der Waals surface area contributed by atoms with E-state index in [1.807, 2.05) is 24.3 Å². The zero-order valence-electron chi connectivity index (χ0n) is 11.2. The highest BCUT2D eigenvalue weighted by Crippen LogP contribution is 2.33. The molecule has 1 N–H and O–H groups in total. The van der Waals surface area contributed by atoms with Crippen molar-refractivity contribution in [3.05, 3.63) is 68.5 Å². The van der Waals surface area contributed by atoms with Crippen LogP contribution in [-0.2, 0) is 0 Å². The first-order valence-corrected chi connectivity index (χ1v) is 8.40. The Morgan fingerprint density at radius 3 is 2.86 bits per heavy atom. The maximum atomic E-state index is 12.0. The number of amides is 1. The number of hydrogen-bond donors (Lipinski definition) is 1. The zero-order valence-corrected chi connectivity index (χ0v) is 14.4. The van der Waals surface area contributed by atoms with Gasteiger partial charge in [0.2, 0.25) is 0 Å². The molecule has 0 spiro atoms. The van der Waals surface area contributed by atoms with Crippen LogP contribution in [0.25, 0.3) is 10.1 Å². The Morgan fingerprint density at radius 1 is 1.23 bits per heavy atom. The topological polar surface area (TPSA) is 41.5 Å². The summed E-state index contributed by atoms with van der Waals surface area (Å²) in [4.78, 5) is 12.0. The molecule has 0 unspecified atom stereocenters. The molecule has 3 aromatic rings. The van der Waals surface area contributed by atoms with Gasteiger partial charge in [0.15, 0.2) is 0 Å². The average molecular weight is 394 g/mol. The summed E-state index contributed by atoms with van der Waals surface area (Å²) in [6.07, 6.45) is 1.64. The molecule has 0 saturated carbocycles. The summed E-state index contributed by atoms with van der Waals surface area (Å²) < 4.78 is 2.14. The van der Waals surface area contributed by atoms with Crippen LogP contribution in [0.5, 0.6) is 0 Å². The molecule has 6 heteroatoms. The minimum atomic E-state index is -0.297. The lowest BCUT2D eigenvalue weighted by Gasteiger charge is -2.00. The van der Waals surface area contributed by atoms with E-state index in [-0.39, 0.29) is 5.91 Å². The Bertz CT molecular complexity index is 875. The summed E-state index contributed by atoms with van der Waals surface area (Å²) in [5.74, 6) is -0.297. The molecule has 3 nitrogen and oxygen atoms in total. The van der Waals surface area contributed by atoms with E-state index in [1.165, 1.54) is 0 Å². The number of rotatable bonds is 3. The number of benzene rings is 2. The molecule has 22 heavy (non-hydrogen) atoms. The molecule has 0 saturated heterocycles. The molecule has 0 aliphatic rings. The molecule has 0 aliphatic heterocycles. The molecule has 0 atom stereocenters. The summed E-state index contributed by atoms with van der Waals surface area (Å²) in [6, 6.07) is 14.8. The highest BCUT2D eigenvalue weighted by Gasteiger charge is 2.08. The molecular formula is C16H10BrClN2OS. The van der Waals surface area contributed by atoms with Gasteiger partial charge in [-0.3, -0.25) is 4.79 Å². The molecule has 110 valence electrons. The van der Waals surface area contributed by atoms with Gasteiger partial charge in [0.1, 0.15) is 0 Å². The molecule has 0 fully saturated rings. The summed E-state index contributed by atoms with van der Waals surface area (Å²) in [6.45, 7) is 0. The van der Waals surface area contributed by atoms with Crippen molar-refractivity contribution in [3.63, 3.8) is 0 Å². The van der Waals surface area contributed by atoms with Crippen LogP contribution in [0.3, 0.4) is 0 Å². The van der Waals surface area contributed by atoms with Crippen LogP contribution in [0.1, 0.15) is 15.9 Å². The minimum Gasteiger partial charge on any atom is -0.267 e. The van der Waals surface area contributed by atoms with Crippen molar-refractivity contribution in [2.24, 2.45) is 5.10 Å². The van der Waals surface area contributed by atoms with Crippen molar-refractivity contribution in [2.45, 2.75) is 0 Å². The fraction of sp³-hybridized carbons (Fsp3) is 0. The summed E-state index contributed by atoms with van der Waals surface area (Å²) in [5.41, 5.74) is 3.93. The normalized spacial score (nSPS) is 11.2. The van der Waals surface area contributed by atoms with Gasteiger partial charge in [0.05, 0.1) is 10.0 Å². The van der Waals surface area contributed by atoms with Gasteiger partial charge < -0.3 is 0 Å². The first kappa shape index (κ1) is 15.2. The van der Waals surface area contributed by atoms with E-state index in [1.54, 1.807) is 41.8 Å². The third-order valence-corrected chi connectivity index (χ3v) is 5.16. The van der Waals surface area contributed by atoms with Crippen molar-refractivity contribution in [3.8, 4) is 0 Å². The van der Waals surface area contributed by atoms with Gasteiger partial charge in [0.25, 0.3) is 5.91 Å². The van der Waals surface area contributed by atoms with E-state index in [2.05, 4.69) is 26.5 Å². The third kappa shape index (κ3) is 3.21. The van der Waals surface area contributed by atoms with Crippen molar-refractivity contribution in [1.29, 1.82) is 0 Å². The van der Waals surface area contributed by atoms with Crippen LogP contribution in [0, 0.1) is 0 Å². The number of carbonyl (C=O) groups excluding carboxylic acids is 1. The van der Waals surface area contributed by atoms with Crippen molar-refractivity contribution < 1.29 is 4.79 Å². The second kappa shape index (κ2) is 6.60. The summed E-state index contributed by atoms with van der Waals surface area (Å²) >= 11 is 11.0. The van der Waals surface area contributed by atoms with Gasteiger partial charge in [-0.2, -0.15) is 5.10 Å². The smallest absolute Gasteiger partial charge is 0.267 e. The minimum absolute atomic E-state index is 0.297. The Hall–Kier alpha value is -1.69. The van der Waals surface area contributed by atoms with Gasteiger partial charge >= 0.3 is 0 Å². The van der Waals surface area contributed by atoms with E-state index < -0.39 is 0 Å². The SMILES string of the molecule is O=C(N/N=C/c1c(Br)sc2ccccc12)c1cccc(Cl)c1. The van der Waals surface area contributed by atoms with Gasteiger partial charge in [-0.25, -0.2) is 5.43 Å². The molecule has 1 amide bonds. The van der Waals surface area contributed by atoms with Crippen LogP contribution in [0.4, 0.5) is 0 Å². The third-order valence-electron chi connectivity index (χ3n) is 3.04. The van der Waals surface area contributed by atoms with E-state index >= 15 is 0 Å². The van der Waals surface area contributed by atoms with Crippen LogP contribution >= 0.6 is 38.9 Å². The Balaban J connectivity index is 1.79. The van der Waals surface area contributed by atoms with Gasteiger partial charge in [-0.05, 0) is 40.2 Å². The number of halogens is 2. The lowest BCUT2D eigenvalue weighted by atomic mass is 10.2. The van der Waals surface area contributed by atoms with E-state index in [0.29, 0.717) is 10.6 Å².